The second-order valence-corrected chi connectivity index (χ2v) is 11.0. The Morgan fingerprint density at radius 2 is 1.65 bits per heavy atom. The second kappa shape index (κ2) is 11.0. The van der Waals surface area contributed by atoms with Crippen LogP contribution in [0.5, 0.6) is 0 Å². The maximum absolute atomic E-state index is 13.4. The van der Waals surface area contributed by atoms with E-state index in [1.165, 1.54) is 3.97 Å². The molecule has 0 aliphatic carbocycles. The predicted molar refractivity (Wildman–Crippen MR) is 139 cm³/mol. The van der Waals surface area contributed by atoms with Gasteiger partial charge >= 0.3 is 0 Å². The first-order valence-electron chi connectivity index (χ1n) is 9.57. The molecule has 1 aromatic heterocycles. The Hall–Kier alpha value is -0.610. The van der Waals surface area contributed by atoms with Crippen molar-refractivity contribution in [2.45, 2.75) is 11.3 Å². The number of hydrogen-bond donors (Lipinski definition) is 0. The van der Waals surface area contributed by atoms with Gasteiger partial charge in [-0.2, -0.15) is 0 Å². The zero-order valence-corrected chi connectivity index (χ0v) is 22.6. The molecule has 2 aromatic carbocycles. The van der Waals surface area contributed by atoms with E-state index in [0.717, 1.165) is 54.6 Å². The van der Waals surface area contributed by atoms with Crippen molar-refractivity contribution in [1.82, 2.24) is 13.8 Å². The van der Waals surface area contributed by atoms with Gasteiger partial charge in [0.15, 0.2) is 0 Å². The van der Waals surface area contributed by atoms with Gasteiger partial charge in [-0.3, -0.25) is 0 Å². The van der Waals surface area contributed by atoms with E-state index in [1.54, 1.807) is 24.4 Å². The highest BCUT2D eigenvalue weighted by atomic mass is 79.9. The van der Waals surface area contributed by atoms with Crippen LogP contribution in [0.3, 0.4) is 0 Å². The quantitative estimate of drug-likeness (QED) is 0.405. The van der Waals surface area contributed by atoms with Crippen LogP contribution >= 0.6 is 56.7 Å². The molecule has 0 saturated carbocycles. The van der Waals surface area contributed by atoms with Crippen molar-refractivity contribution in [3.8, 4) is 0 Å². The SMILES string of the molecule is CN1CCN(CCc2cn(S(=O)(=O)c3ccccc3Br)c3ccc(Br)cc23)CC1.Cl.Cl. The van der Waals surface area contributed by atoms with Gasteiger partial charge in [-0.25, -0.2) is 12.4 Å². The van der Waals surface area contributed by atoms with Crippen LogP contribution < -0.4 is 0 Å². The van der Waals surface area contributed by atoms with Crippen molar-refractivity contribution in [1.29, 1.82) is 0 Å². The smallest absolute Gasteiger partial charge is 0.269 e. The van der Waals surface area contributed by atoms with E-state index in [2.05, 4.69) is 48.7 Å². The van der Waals surface area contributed by atoms with Crippen LogP contribution in [0.4, 0.5) is 0 Å². The molecule has 1 fully saturated rings. The summed E-state index contributed by atoms with van der Waals surface area (Å²) < 4.78 is 29.8. The minimum absolute atomic E-state index is 0. The summed E-state index contributed by atoms with van der Waals surface area (Å²) in [6.07, 6.45) is 2.61. The number of likely N-dealkylation sites (N-methyl/N-ethyl adjacent to an activating group) is 1. The summed E-state index contributed by atoms with van der Waals surface area (Å²) in [7, 11) is -1.56. The minimum atomic E-state index is -3.70. The van der Waals surface area contributed by atoms with Gasteiger partial charge in [0.25, 0.3) is 10.0 Å². The Labute approximate surface area is 212 Å². The number of piperazine rings is 1. The van der Waals surface area contributed by atoms with E-state index in [0.29, 0.717) is 9.99 Å². The highest BCUT2D eigenvalue weighted by molar-refractivity contribution is 9.10. The molecule has 5 nitrogen and oxygen atoms in total. The third-order valence-corrected chi connectivity index (χ3v) is 8.66. The molecule has 1 saturated heterocycles. The number of fused-ring (bicyclic) bond motifs is 1. The Bertz CT molecular complexity index is 1150. The van der Waals surface area contributed by atoms with E-state index < -0.39 is 10.0 Å². The lowest BCUT2D eigenvalue weighted by Crippen LogP contribution is -2.45. The van der Waals surface area contributed by atoms with E-state index in [-0.39, 0.29) is 29.7 Å². The molecule has 1 aliphatic heterocycles. The molecular formula is C21H25Br2Cl2N3O2S. The molecule has 2 heterocycles. The summed E-state index contributed by atoms with van der Waals surface area (Å²) >= 11 is 6.92. The van der Waals surface area contributed by atoms with Crippen molar-refractivity contribution in [3.63, 3.8) is 0 Å². The molecule has 0 bridgehead atoms. The molecule has 0 radical (unpaired) electrons. The maximum atomic E-state index is 13.4. The van der Waals surface area contributed by atoms with Gasteiger partial charge in [0, 0.05) is 53.3 Å². The maximum Gasteiger partial charge on any atom is 0.269 e. The molecular weight excluding hydrogens is 589 g/mol. The number of hydrogen-bond acceptors (Lipinski definition) is 4. The fraction of sp³-hybridized carbons (Fsp3) is 0.333. The molecule has 10 heteroatoms. The third-order valence-electron chi connectivity index (χ3n) is 5.48. The van der Waals surface area contributed by atoms with Crippen molar-refractivity contribution in [2.24, 2.45) is 0 Å². The predicted octanol–water partition coefficient (Wildman–Crippen LogP) is 5.04. The van der Waals surface area contributed by atoms with Crippen molar-refractivity contribution in [3.05, 3.63) is 63.2 Å². The first-order chi connectivity index (χ1) is 13.9. The lowest BCUT2D eigenvalue weighted by atomic mass is 10.1. The van der Waals surface area contributed by atoms with Crippen LogP contribution in [0, 0.1) is 0 Å². The summed E-state index contributed by atoms with van der Waals surface area (Å²) in [5.74, 6) is 0. The Balaban J connectivity index is 0.00000171. The summed E-state index contributed by atoms with van der Waals surface area (Å²) in [5.41, 5.74) is 1.76. The van der Waals surface area contributed by atoms with Crippen LogP contribution in [0.25, 0.3) is 10.9 Å². The van der Waals surface area contributed by atoms with Crippen molar-refractivity contribution < 1.29 is 8.42 Å². The molecule has 0 atom stereocenters. The fourth-order valence-corrected chi connectivity index (χ4v) is 6.47. The van der Waals surface area contributed by atoms with E-state index >= 15 is 0 Å². The van der Waals surface area contributed by atoms with Crippen molar-refractivity contribution in [2.75, 3.05) is 39.8 Å². The van der Waals surface area contributed by atoms with Crippen LogP contribution in [-0.4, -0.2) is 62.0 Å². The normalized spacial score (nSPS) is 15.5. The molecule has 4 rings (SSSR count). The van der Waals surface area contributed by atoms with Gasteiger partial charge in [0.1, 0.15) is 4.90 Å². The van der Waals surface area contributed by atoms with E-state index in [1.807, 2.05) is 24.3 Å². The Kier molecular flexibility index (Phi) is 9.46. The summed E-state index contributed by atoms with van der Waals surface area (Å²) in [5, 5.41) is 0.976. The molecule has 1 aliphatic rings. The average Bonchev–Trinajstić information content (AvgIpc) is 3.06. The van der Waals surface area contributed by atoms with Gasteiger partial charge in [0.05, 0.1) is 5.52 Å². The van der Waals surface area contributed by atoms with Crippen LogP contribution in [0.2, 0.25) is 0 Å². The van der Waals surface area contributed by atoms with Crippen LogP contribution in [-0.2, 0) is 16.4 Å². The molecule has 0 unspecified atom stereocenters. The number of rotatable bonds is 5. The highest BCUT2D eigenvalue weighted by Gasteiger charge is 2.24. The largest absolute Gasteiger partial charge is 0.304 e. The molecule has 0 spiro atoms. The number of aromatic nitrogens is 1. The van der Waals surface area contributed by atoms with Crippen LogP contribution in [0.15, 0.2) is 62.5 Å². The molecule has 31 heavy (non-hydrogen) atoms. The van der Waals surface area contributed by atoms with Crippen molar-refractivity contribution >= 4 is 77.6 Å². The summed E-state index contributed by atoms with van der Waals surface area (Å²) in [4.78, 5) is 5.05. The van der Waals surface area contributed by atoms with Gasteiger partial charge in [-0.05, 0) is 65.3 Å². The summed E-state index contributed by atoms with van der Waals surface area (Å²) in [6, 6.07) is 12.7. The zero-order chi connectivity index (χ0) is 20.6. The standard InChI is InChI=1S/C21H23Br2N3O2S.2ClH/c1-24-10-12-25(13-11-24)9-8-16-15-26(20-7-6-17(22)14-18(16)20)29(27,28)21-5-3-2-4-19(21)23;;/h2-7,14-15H,8-13H2,1H3;2*1H. The Morgan fingerprint density at radius 1 is 0.968 bits per heavy atom. The van der Waals surface area contributed by atoms with E-state index in [9.17, 15) is 8.42 Å². The molecule has 170 valence electrons. The average molecular weight is 614 g/mol. The number of halogens is 4. The monoisotopic (exact) mass is 611 g/mol. The number of benzene rings is 2. The first kappa shape index (κ1) is 26.6. The number of nitrogens with zero attached hydrogens (tertiary/aromatic N) is 3. The molecule has 0 amide bonds. The first-order valence-corrected chi connectivity index (χ1v) is 12.6. The fourth-order valence-electron chi connectivity index (χ4n) is 3.75. The lowest BCUT2D eigenvalue weighted by Gasteiger charge is -2.32. The lowest BCUT2D eigenvalue weighted by molar-refractivity contribution is 0.155. The molecule has 3 aromatic rings. The summed E-state index contributed by atoms with van der Waals surface area (Å²) in [6.45, 7) is 5.17. The topological polar surface area (TPSA) is 45.5 Å². The Morgan fingerprint density at radius 3 is 2.32 bits per heavy atom. The van der Waals surface area contributed by atoms with Gasteiger partial charge in [0.2, 0.25) is 0 Å². The van der Waals surface area contributed by atoms with E-state index in [4.69, 9.17) is 0 Å². The second-order valence-electron chi connectivity index (χ2n) is 7.44. The van der Waals surface area contributed by atoms with Gasteiger partial charge < -0.3 is 9.80 Å². The zero-order valence-electron chi connectivity index (χ0n) is 17.0. The third kappa shape index (κ3) is 5.66. The van der Waals surface area contributed by atoms with Gasteiger partial charge in [-0.15, -0.1) is 24.8 Å². The highest BCUT2D eigenvalue weighted by Crippen LogP contribution is 2.31. The van der Waals surface area contributed by atoms with Gasteiger partial charge in [-0.1, -0.05) is 28.1 Å². The van der Waals surface area contributed by atoms with Crippen LogP contribution in [0.1, 0.15) is 5.56 Å². The molecule has 0 N–H and O–H groups in total. The minimum Gasteiger partial charge on any atom is -0.304 e.